The van der Waals surface area contributed by atoms with Gasteiger partial charge in [-0.25, -0.2) is 10.2 Å². The number of carbonyl (C=O) groups excluding carboxylic acids is 2. The molecule has 32 heavy (non-hydrogen) atoms. The summed E-state index contributed by atoms with van der Waals surface area (Å²) in [7, 11) is 2.88. The minimum atomic E-state index is -0.519. The lowest BCUT2D eigenvalue weighted by atomic mass is 10.2. The zero-order valence-corrected chi connectivity index (χ0v) is 17.6. The highest BCUT2D eigenvalue weighted by Gasteiger charge is 2.13. The van der Waals surface area contributed by atoms with E-state index in [1.807, 2.05) is 35.0 Å². The van der Waals surface area contributed by atoms with Gasteiger partial charge >= 0.3 is 5.97 Å². The van der Waals surface area contributed by atoms with Crippen molar-refractivity contribution in [3.05, 3.63) is 89.5 Å². The molecule has 0 radical (unpaired) electrons. The largest absolute Gasteiger partial charge is 0.497 e. The van der Waals surface area contributed by atoms with Crippen LogP contribution in [-0.2, 0) is 11.3 Å². The number of nitrogens with one attached hydrogen (secondary N) is 1. The molecule has 0 aliphatic carbocycles. The summed E-state index contributed by atoms with van der Waals surface area (Å²) in [5.41, 5.74) is 4.81. The molecule has 162 valence electrons. The highest BCUT2D eigenvalue weighted by atomic mass is 16.5. The van der Waals surface area contributed by atoms with Crippen molar-refractivity contribution < 1.29 is 23.5 Å². The molecule has 2 aromatic heterocycles. The lowest BCUT2D eigenvalue weighted by Gasteiger charge is -2.02. The summed E-state index contributed by atoms with van der Waals surface area (Å²) >= 11 is 0. The van der Waals surface area contributed by atoms with E-state index in [0.717, 1.165) is 16.5 Å². The number of esters is 1. The van der Waals surface area contributed by atoms with E-state index in [9.17, 15) is 9.59 Å². The Balaban J connectivity index is 1.52. The predicted octanol–water partition coefficient (Wildman–Crippen LogP) is 3.84. The number of hydrazone groups is 1. The number of nitrogens with zero attached hydrogens (tertiary/aromatic N) is 2. The van der Waals surface area contributed by atoms with Crippen LogP contribution < -0.4 is 10.2 Å². The van der Waals surface area contributed by atoms with Crippen molar-refractivity contribution in [3.63, 3.8) is 0 Å². The molecule has 0 aliphatic rings. The number of hydrogen-bond donors (Lipinski definition) is 1. The van der Waals surface area contributed by atoms with E-state index in [1.54, 1.807) is 49.7 Å². The third kappa shape index (κ3) is 4.39. The van der Waals surface area contributed by atoms with Gasteiger partial charge in [-0.05, 0) is 42.5 Å². The number of hydrogen-bond acceptors (Lipinski definition) is 6. The molecule has 2 aromatic carbocycles. The second-order valence-corrected chi connectivity index (χ2v) is 6.91. The van der Waals surface area contributed by atoms with Gasteiger partial charge in [0.2, 0.25) is 5.76 Å². The number of methoxy groups -OCH3 is 2. The number of ether oxygens (including phenoxy) is 2. The highest BCUT2D eigenvalue weighted by Crippen LogP contribution is 2.22. The molecule has 8 nitrogen and oxygen atoms in total. The molecular weight excluding hydrogens is 410 g/mol. The fourth-order valence-corrected chi connectivity index (χ4v) is 3.32. The number of carbonyl (C=O) groups is 2. The first-order chi connectivity index (χ1) is 15.6. The minimum absolute atomic E-state index is 0.155. The average molecular weight is 431 g/mol. The van der Waals surface area contributed by atoms with E-state index in [-0.39, 0.29) is 11.7 Å². The van der Waals surface area contributed by atoms with Crippen LogP contribution in [0.15, 0.2) is 76.4 Å². The van der Waals surface area contributed by atoms with Gasteiger partial charge in [-0.2, -0.15) is 5.10 Å². The van der Waals surface area contributed by atoms with Gasteiger partial charge in [0.25, 0.3) is 5.91 Å². The van der Waals surface area contributed by atoms with Crippen LogP contribution in [0.5, 0.6) is 5.75 Å². The van der Waals surface area contributed by atoms with E-state index in [0.29, 0.717) is 23.6 Å². The Labute approximate surface area is 184 Å². The summed E-state index contributed by atoms with van der Waals surface area (Å²) in [4.78, 5) is 23.9. The Bertz CT molecular complexity index is 1280. The van der Waals surface area contributed by atoms with Crippen molar-refractivity contribution >= 4 is 29.0 Å². The molecular formula is C24H21N3O5. The van der Waals surface area contributed by atoms with E-state index >= 15 is 0 Å². The van der Waals surface area contributed by atoms with Crippen molar-refractivity contribution in [2.24, 2.45) is 5.10 Å². The Hall–Kier alpha value is -4.33. The Morgan fingerprint density at radius 2 is 1.84 bits per heavy atom. The van der Waals surface area contributed by atoms with Crippen molar-refractivity contribution in [1.29, 1.82) is 0 Å². The number of aromatic nitrogens is 1. The smallest absolute Gasteiger partial charge is 0.373 e. The average Bonchev–Trinajstić information content (AvgIpc) is 3.44. The third-order valence-electron chi connectivity index (χ3n) is 4.92. The molecule has 1 N–H and O–H groups in total. The number of benzene rings is 2. The molecule has 0 saturated carbocycles. The molecule has 0 atom stereocenters. The van der Waals surface area contributed by atoms with Gasteiger partial charge in [-0.15, -0.1) is 0 Å². The fraction of sp³-hybridized carbons (Fsp3) is 0.125. The van der Waals surface area contributed by atoms with E-state index in [1.165, 1.54) is 7.11 Å². The van der Waals surface area contributed by atoms with Crippen LogP contribution in [0.2, 0.25) is 0 Å². The predicted molar refractivity (Wildman–Crippen MR) is 119 cm³/mol. The molecule has 4 rings (SSSR count). The Morgan fingerprint density at radius 3 is 2.59 bits per heavy atom. The topological polar surface area (TPSA) is 95.1 Å². The number of furan rings is 1. The zero-order chi connectivity index (χ0) is 22.5. The van der Waals surface area contributed by atoms with Crippen molar-refractivity contribution in [2.45, 2.75) is 6.54 Å². The van der Waals surface area contributed by atoms with Crippen molar-refractivity contribution in [1.82, 2.24) is 9.99 Å². The maximum Gasteiger partial charge on any atom is 0.373 e. The molecule has 8 heteroatoms. The molecule has 0 fully saturated rings. The molecule has 0 bridgehead atoms. The second kappa shape index (κ2) is 9.22. The molecule has 0 spiro atoms. The minimum Gasteiger partial charge on any atom is -0.497 e. The summed E-state index contributed by atoms with van der Waals surface area (Å²) < 4.78 is 17.4. The van der Waals surface area contributed by atoms with Gasteiger partial charge in [-0.1, -0.05) is 18.2 Å². The number of rotatable bonds is 7. The normalized spacial score (nSPS) is 11.1. The van der Waals surface area contributed by atoms with Crippen LogP contribution in [-0.4, -0.2) is 36.9 Å². The monoisotopic (exact) mass is 431 g/mol. The molecule has 1 amide bonds. The molecule has 0 saturated heterocycles. The Kier molecular flexibility index (Phi) is 6.03. The van der Waals surface area contributed by atoms with Crippen LogP contribution in [0.4, 0.5) is 0 Å². The van der Waals surface area contributed by atoms with Gasteiger partial charge in [-0.3, -0.25) is 4.79 Å². The fourth-order valence-electron chi connectivity index (χ4n) is 3.32. The van der Waals surface area contributed by atoms with E-state index in [4.69, 9.17) is 9.15 Å². The maximum absolute atomic E-state index is 12.3. The standard InChI is InChI=1S/C24H21N3O5/c1-30-18-9-7-16(8-10-18)23(28)26-25-13-17-14-27(21-6-4-3-5-20(17)21)15-19-11-12-22(32-19)24(29)31-2/h3-14H,15H2,1-2H3,(H,26,28)/b25-13-. The van der Waals surface area contributed by atoms with Gasteiger partial charge in [0.1, 0.15) is 11.5 Å². The quantitative estimate of drug-likeness (QED) is 0.273. The van der Waals surface area contributed by atoms with Crippen molar-refractivity contribution in [2.75, 3.05) is 14.2 Å². The summed E-state index contributed by atoms with van der Waals surface area (Å²) in [6.45, 7) is 0.420. The Morgan fingerprint density at radius 1 is 1.06 bits per heavy atom. The SMILES string of the molecule is COC(=O)c1ccc(Cn2cc(/C=N\NC(=O)c3ccc(OC)cc3)c3ccccc32)o1. The highest BCUT2D eigenvalue weighted by molar-refractivity contribution is 6.00. The summed E-state index contributed by atoms with van der Waals surface area (Å²) in [6.07, 6.45) is 3.51. The molecule has 0 unspecified atom stereocenters. The lowest BCUT2D eigenvalue weighted by Crippen LogP contribution is -2.17. The summed E-state index contributed by atoms with van der Waals surface area (Å²) in [6, 6.07) is 17.9. The van der Waals surface area contributed by atoms with Crippen LogP contribution >= 0.6 is 0 Å². The third-order valence-corrected chi connectivity index (χ3v) is 4.92. The number of fused-ring (bicyclic) bond motifs is 1. The van der Waals surface area contributed by atoms with Gasteiger partial charge in [0.05, 0.1) is 27.0 Å². The lowest BCUT2D eigenvalue weighted by molar-refractivity contribution is 0.0562. The first kappa shape index (κ1) is 20.9. The van der Waals surface area contributed by atoms with Crippen LogP contribution in [0.1, 0.15) is 32.2 Å². The van der Waals surface area contributed by atoms with Gasteiger partial charge < -0.3 is 18.5 Å². The molecule has 4 aromatic rings. The first-order valence-electron chi connectivity index (χ1n) is 9.81. The second-order valence-electron chi connectivity index (χ2n) is 6.91. The molecule has 0 aliphatic heterocycles. The first-order valence-corrected chi connectivity index (χ1v) is 9.81. The number of amides is 1. The summed E-state index contributed by atoms with van der Waals surface area (Å²) in [5, 5.41) is 5.08. The zero-order valence-electron chi connectivity index (χ0n) is 17.6. The van der Waals surface area contributed by atoms with Gasteiger partial charge in [0, 0.05) is 28.2 Å². The van der Waals surface area contributed by atoms with Gasteiger partial charge in [0.15, 0.2) is 0 Å². The van der Waals surface area contributed by atoms with Crippen LogP contribution in [0.25, 0.3) is 10.9 Å². The summed E-state index contributed by atoms with van der Waals surface area (Å²) in [5.74, 6) is 0.602. The van der Waals surface area contributed by atoms with E-state index < -0.39 is 5.97 Å². The van der Waals surface area contributed by atoms with E-state index in [2.05, 4.69) is 15.3 Å². The maximum atomic E-state index is 12.3. The van der Waals surface area contributed by atoms with Crippen LogP contribution in [0.3, 0.4) is 0 Å². The molecule has 2 heterocycles. The van der Waals surface area contributed by atoms with Crippen molar-refractivity contribution in [3.8, 4) is 5.75 Å². The van der Waals surface area contributed by atoms with Crippen LogP contribution in [0, 0.1) is 0 Å². The number of para-hydroxylation sites is 1.